The first kappa shape index (κ1) is 21.0. The Morgan fingerprint density at radius 1 is 1.11 bits per heavy atom. The van der Waals surface area contributed by atoms with E-state index in [1.807, 2.05) is 36.4 Å². The van der Waals surface area contributed by atoms with Crippen LogP contribution in [-0.2, 0) is 14.3 Å². The second-order valence-electron chi connectivity index (χ2n) is 6.32. The number of nitrogens with zero attached hydrogens (tertiary/aromatic N) is 1. The predicted molar refractivity (Wildman–Crippen MR) is 105 cm³/mol. The van der Waals surface area contributed by atoms with Crippen LogP contribution in [0, 0.1) is 11.3 Å². The molecule has 0 bridgehead atoms. The quantitative estimate of drug-likeness (QED) is 0.675. The van der Waals surface area contributed by atoms with Crippen molar-refractivity contribution in [2.45, 2.75) is 32.3 Å². The van der Waals surface area contributed by atoms with Crippen molar-refractivity contribution < 1.29 is 19.1 Å². The van der Waals surface area contributed by atoms with E-state index in [4.69, 9.17) is 14.7 Å². The van der Waals surface area contributed by atoms with Gasteiger partial charge in [0.15, 0.2) is 12.7 Å². The molecule has 0 saturated carbocycles. The lowest BCUT2D eigenvalue weighted by Crippen LogP contribution is -2.38. The van der Waals surface area contributed by atoms with Gasteiger partial charge in [0, 0.05) is 12.5 Å². The summed E-state index contributed by atoms with van der Waals surface area (Å²) in [7, 11) is 0. The molecule has 0 fully saturated rings. The number of rotatable bonds is 9. The number of nitriles is 1. The Labute approximate surface area is 165 Å². The van der Waals surface area contributed by atoms with Crippen LogP contribution in [0.3, 0.4) is 0 Å². The highest BCUT2D eigenvalue weighted by atomic mass is 16.6. The van der Waals surface area contributed by atoms with Crippen LogP contribution in [0.1, 0.15) is 37.3 Å². The van der Waals surface area contributed by atoms with Crippen LogP contribution in [0.4, 0.5) is 0 Å². The van der Waals surface area contributed by atoms with Crippen LogP contribution in [0.5, 0.6) is 5.75 Å². The normalized spacial score (nSPS) is 12.3. The molecule has 1 N–H and O–H groups in total. The molecule has 0 heterocycles. The van der Waals surface area contributed by atoms with Crippen molar-refractivity contribution in [1.82, 2.24) is 5.32 Å². The third-order valence-corrected chi connectivity index (χ3v) is 4.30. The largest absolute Gasteiger partial charge is 0.482 e. The van der Waals surface area contributed by atoms with Gasteiger partial charge in [0.1, 0.15) is 5.75 Å². The fourth-order valence-electron chi connectivity index (χ4n) is 2.64. The number of benzene rings is 2. The summed E-state index contributed by atoms with van der Waals surface area (Å²) in [6.07, 6.45) is -0.0259. The summed E-state index contributed by atoms with van der Waals surface area (Å²) < 4.78 is 10.4. The molecule has 2 aromatic carbocycles. The monoisotopic (exact) mass is 380 g/mol. The van der Waals surface area contributed by atoms with Crippen molar-refractivity contribution in [3.8, 4) is 11.8 Å². The highest BCUT2D eigenvalue weighted by Crippen LogP contribution is 2.18. The number of nitrogens with one attached hydrogen (secondary N) is 1. The molecule has 0 spiro atoms. The fraction of sp³-hybridized carbons (Fsp3) is 0.318. The van der Waals surface area contributed by atoms with Crippen molar-refractivity contribution >= 4 is 11.9 Å². The molecule has 6 heteroatoms. The molecule has 2 aromatic rings. The van der Waals surface area contributed by atoms with Crippen molar-refractivity contribution in [2.24, 2.45) is 0 Å². The second-order valence-corrected chi connectivity index (χ2v) is 6.32. The van der Waals surface area contributed by atoms with E-state index in [2.05, 4.69) is 12.2 Å². The van der Waals surface area contributed by atoms with E-state index >= 15 is 0 Å². The van der Waals surface area contributed by atoms with Gasteiger partial charge in [-0.1, -0.05) is 37.3 Å². The number of esters is 1. The van der Waals surface area contributed by atoms with Crippen LogP contribution < -0.4 is 10.1 Å². The molecule has 2 atom stereocenters. The average molecular weight is 380 g/mol. The van der Waals surface area contributed by atoms with Gasteiger partial charge < -0.3 is 14.8 Å². The summed E-state index contributed by atoms with van der Waals surface area (Å²) in [6, 6.07) is 18.3. The van der Waals surface area contributed by atoms with Gasteiger partial charge in [-0.25, -0.2) is 4.79 Å². The predicted octanol–water partition coefficient (Wildman–Crippen LogP) is 3.18. The zero-order chi connectivity index (χ0) is 20.4. The maximum atomic E-state index is 12.2. The molecule has 0 aromatic heterocycles. The third kappa shape index (κ3) is 6.44. The highest BCUT2D eigenvalue weighted by molar-refractivity contribution is 5.83. The van der Waals surface area contributed by atoms with Gasteiger partial charge in [0.05, 0.1) is 11.6 Å². The Morgan fingerprint density at radius 2 is 1.79 bits per heavy atom. The molecule has 2 rings (SSSR count). The van der Waals surface area contributed by atoms with Crippen LogP contribution in [0.15, 0.2) is 54.6 Å². The molecular formula is C22H24N2O4. The summed E-state index contributed by atoms with van der Waals surface area (Å²) in [6.45, 7) is 3.75. The van der Waals surface area contributed by atoms with Gasteiger partial charge in [-0.15, -0.1) is 0 Å². The molecule has 1 amide bonds. The first-order valence-electron chi connectivity index (χ1n) is 9.18. The van der Waals surface area contributed by atoms with Crippen molar-refractivity contribution in [1.29, 1.82) is 5.26 Å². The lowest BCUT2D eigenvalue weighted by Gasteiger charge is -2.18. The SMILES string of the molecule is CC[C@H](CNC(=O)[C@H](C)OC(=O)COc1ccc(C#N)cc1)c1ccccc1. The van der Waals surface area contributed by atoms with Gasteiger partial charge >= 0.3 is 5.97 Å². The lowest BCUT2D eigenvalue weighted by atomic mass is 9.96. The molecule has 0 aliphatic heterocycles. The minimum atomic E-state index is -0.912. The minimum absolute atomic E-state index is 0.202. The summed E-state index contributed by atoms with van der Waals surface area (Å²) >= 11 is 0. The summed E-state index contributed by atoms with van der Waals surface area (Å²) in [4.78, 5) is 24.1. The van der Waals surface area contributed by atoms with Crippen LogP contribution in [0.25, 0.3) is 0 Å². The van der Waals surface area contributed by atoms with E-state index in [0.29, 0.717) is 17.9 Å². The lowest BCUT2D eigenvalue weighted by molar-refractivity contribution is -0.156. The Morgan fingerprint density at radius 3 is 2.39 bits per heavy atom. The maximum absolute atomic E-state index is 12.2. The van der Waals surface area contributed by atoms with Gasteiger partial charge in [0.2, 0.25) is 0 Å². The maximum Gasteiger partial charge on any atom is 0.344 e. The Hall–Kier alpha value is -3.33. The number of hydrogen-bond donors (Lipinski definition) is 1. The third-order valence-electron chi connectivity index (χ3n) is 4.30. The molecule has 0 saturated heterocycles. The molecular weight excluding hydrogens is 356 g/mol. The minimum Gasteiger partial charge on any atom is -0.482 e. The summed E-state index contributed by atoms with van der Waals surface area (Å²) in [5, 5.41) is 11.6. The zero-order valence-corrected chi connectivity index (χ0v) is 16.1. The van der Waals surface area contributed by atoms with E-state index in [0.717, 1.165) is 12.0 Å². The second kappa shape index (κ2) is 10.7. The van der Waals surface area contributed by atoms with Gasteiger partial charge in [0.25, 0.3) is 5.91 Å². The first-order valence-corrected chi connectivity index (χ1v) is 9.18. The smallest absolute Gasteiger partial charge is 0.344 e. The van der Waals surface area contributed by atoms with Gasteiger partial charge in [-0.05, 0) is 43.2 Å². The van der Waals surface area contributed by atoms with Crippen molar-refractivity contribution in [3.63, 3.8) is 0 Å². The molecule has 28 heavy (non-hydrogen) atoms. The number of carbonyl (C=O) groups excluding carboxylic acids is 2. The Bertz CT molecular complexity index is 813. The summed E-state index contributed by atoms with van der Waals surface area (Å²) in [5.74, 6) is -0.335. The van der Waals surface area contributed by atoms with E-state index in [-0.39, 0.29) is 18.4 Å². The van der Waals surface area contributed by atoms with E-state index in [9.17, 15) is 9.59 Å². The molecule has 0 unspecified atom stereocenters. The highest BCUT2D eigenvalue weighted by Gasteiger charge is 2.19. The molecule has 6 nitrogen and oxygen atoms in total. The average Bonchev–Trinajstić information content (AvgIpc) is 2.73. The van der Waals surface area contributed by atoms with Crippen LogP contribution in [0.2, 0.25) is 0 Å². The van der Waals surface area contributed by atoms with Crippen LogP contribution >= 0.6 is 0 Å². The van der Waals surface area contributed by atoms with E-state index in [1.165, 1.54) is 6.92 Å². The van der Waals surface area contributed by atoms with Gasteiger partial charge in [-0.2, -0.15) is 5.26 Å². The molecule has 0 aliphatic rings. The van der Waals surface area contributed by atoms with E-state index in [1.54, 1.807) is 24.3 Å². The first-order chi connectivity index (χ1) is 13.5. The molecule has 146 valence electrons. The Kier molecular flexibility index (Phi) is 8.04. The number of hydrogen-bond acceptors (Lipinski definition) is 5. The topological polar surface area (TPSA) is 88.4 Å². The van der Waals surface area contributed by atoms with Crippen molar-refractivity contribution in [2.75, 3.05) is 13.2 Å². The molecule has 0 radical (unpaired) electrons. The van der Waals surface area contributed by atoms with E-state index < -0.39 is 12.1 Å². The van der Waals surface area contributed by atoms with Crippen LogP contribution in [-0.4, -0.2) is 31.1 Å². The summed E-state index contributed by atoms with van der Waals surface area (Å²) in [5.41, 5.74) is 1.66. The molecule has 0 aliphatic carbocycles. The number of ether oxygens (including phenoxy) is 2. The standard InChI is InChI=1S/C22H24N2O4/c1-3-18(19-7-5-4-6-8-19)14-24-22(26)16(2)28-21(25)15-27-20-11-9-17(13-23)10-12-20/h4-12,16,18H,3,14-15H2,1-2H3,(H,24,26)/t16-,18+/m0/s1. The fourth-order valence-corrected chi connectivity index (χ4v) is 2.64. The number of carbonyl (C=O) groups is 2. The number of amides is 1. The van der Waals surface area contributed by atoms with Gasteiger partial charge in [-0.3, -0.25) is 4.79 Å². The van der Waals surface area contributed by atoms with Crippen molar-refractivity contribution in [3.05, 3.63) is 65.7 Å². The Balaban J connectivity index is 1.76. The zero-order valence-electron chi connectivity index (χ0n) is 16.1.